The highest BCUT2D eigenvalue weighted by Gasteiger charge is 2.49. The monoisotopic (exact) mass is 411 g/mol. The normalized spacial score (nSPS) is 19.4. The average molecular weight is 412 g/mol. The van der Waals surface area contributed by atoms with Gasteiger partial charge in [0.25, 0.3) is 5.91 Å². The Bertz CT molecular complexity index is 971. The third-order valence-electron chi connectivity index (χ3n) is 5.33. The Morgan fingerprint density at radius 2 is 1.80 bits per heavy atom. The average Bonchev–Trinajstić information content (AvgIpc) is 3.20. The van der Waals surface area contributed by atoms with Gasteiger partial charge >= 0.3 is 6.03 Å². The number of anilines is 1. The van der Waals surface area contributed by atoms with Crippen LogP contribution in [0.4, 0.5) is 10.6 Å². The van der Waals surface area contributed by atoms with Gasteiger partial charge in [0.05, 0.1) is 6.20 Å². The molecule has 1 aliphatic rings. The first-order valence-corrected chi connectivity index (χ1v) is 10.0. The van der Waals surface area contributed by atoms with Crippen LogP contribution in [0.2, 0.25) is 0 Å². The van der Waals surface area contributed by atoms with Gasteiger partial charge in [0.1, 0.15) is 17.9 Å². The molecule has 0 aliphatic carbocycles. The molecular weight excluding hydrogens is 382 g/mol. The van der Waals surface area contributed by atoms with Crippen LogP contribution < -0.4 is 10.6 Å². The van der Waals surface area contributed by atoms with Gasteiger partial charge in [0.2, 0.25) is 5.91 Å². The lowest BCUT2D eigenvalue weighted by Gasteiger charge is -2.24. The predicted octanol–water partition coefficient (Wildman–Crippen LogP) is 3.17. The quantitative estimate of drug-likeness (QED) is 0.739. The molecule has 30 heavy (non-hydrogen) atoms. The van der Waals surface area contributed by atoms with Gasteiger partial charge in [-0.2, -0.15) is 5.10 Å². The molecule has 1 fully saturated rings. The van der Waals surface area contributed by atoms with Crippen LogP contribution in [0, 0.1) is 0 Å². The number of rotatable bonds is 5. The van der Waals surface area contributed by atoms with E-state index in [-0.39, 0.29) is 18.0 Å². The van der Waals surface area contributed by atoms with Crippen molar-refractivity contribution in [3.63, 3.8) is 0 Å². The van der Waals surface area contributed by atoms with E-state index in [1.165, 1.54) is 0 Å². The van der Waals surface area contributed by atoms with Gasteiger partial charge in [-0.05, 0) is 37.3 Å². The highest BCUT2D eigenvalue weighted by molar-refractivity contribution is 6.10. The molecule has 1 unspecified atom stereocenters. The lowest BCUT2D eigenvalue weighted by Crippen LogP contribution is -2.42. The first kappa shape index (κ1) is 21.5. The van der Waals surface area contributed by atoms with E-state index >= 15 is 0 Å². The Labute approximate surface area is 176 Å². The topological polar surface area (TPSA) is 96.3 Å². The van der Waals surface area contributed by atoms with Gasteiger partial charge in [0, 0.05) is 12.1 Å². The fourth-order valence-electron chi connectivity index (χ4n) is 3.49. The molecule has 1 saturated heterocycles. The minimum atomic E-state index is -1.21. The van der Waals surface area contributed by atoms with Crippen molar-refractivity contribution >= 4 is 23.7 Å². The second kappa shape index (κ2) is 7.59. The van der Waals surface area contributed by atoms with E-state index in [0.29, 0.717) is 11.4 Å². The predicted molar refractivity (Wildman–Crippen MR) is 114 cm³/mol. The molecule has 1 aromatic carbocycles. The van der Waals surface area contributed by atoms with Crippen LogP contribution in [-0.4, -0.2) is 39.1 Å². The molecule has 0 saturated carbocycles. The molecule has 0 bridgehead atoms. The van der Waals surface area contributed by atoms with Crippen LogP contribution in [0.1, 0.15) is 58.7 Å². The van der Waals surface area contributed by atoms with Gasteiger partial charge in [-0.15, -0.1) is 0 Å². The van der Waals surface area contributed by atoms with Gasteiger partial charge < -0.3 is 10.6 Å². The number of hydrogen-bond acceptors (Lipinski definition) is 4. The molecule has 3 rings (SSSR count). The van der Waals surface area contributed by atoms with Gasteiger partial charge in [-0.3, -0.25) is 14.5 Å². The summed E-state index contributed by atoms with van der Waals surface area (Å²) in [5, 5.41) is 9.62. The standard InChI is InChI=1S/C22H29N5O3/c1-14(2)27-17(11-12-23-27)24-18(28)13-26-19(29)22(6,25-20(26)30)16-9-7-15(8-10-16)21(3,4)5/h7-12,14H,13H2,1-6H3,(H,24,28)(H,25,30). The zero-order valence-corrected chi connectivity index (χ0v) is 18.3. The number of hydrogen-bond donors (Lipinski definition) is 2. The maximum atomic E-state index is 13.1. The van der Waals surface area contributed by atoms with Crippen molar-refractivity contribution in [3.05, 3.63) is 47.7 Å². The highest BCUT2D eigenvalue weighted by atomic mass is 16.2. The Kier molecular flexibility index (Phi) is 5.45. The maximum Gasteiger partial charge on any atom is 0.325 e. The zero-order chi connectivity index (χ0) is 22.3. The fraction of sp³-hybridized carbons (Fsp3) is 0.455. The number of benzene rings is 1. The number of urea groups is 1. The molecule has 2 aromatic rings. The number of imide groups is 1. The lowest BCUT2D eigenvalue weighted by molar-refractivity contribution is -0.133. The van der Waals surface area contributed by atoms with Crippen molar-refractivity contribution in [1.29, 1.82) is 0 Å². The van der Waals surface area contributed by atoms with Gasteiger partial charge in [-0.1, -0.05) is 45.0 Å². The Morgan fingerprint density at radius 3 is 2.37 bits per heavy atom. The second-order valence-electron chi connectivity index (χ2n) is 9.08. The summed E-state index contributed by atoms with van der Waals surface area (Å²) in [5.41, 5.74) is 0.571. The van der Waals surface area contributed by atoms with Gasteiger partial charge in [0.15, 0.2) is 0 Å². The zero-order valence-electron chi connectivity index (χ0n) is 18.3. The molecular formula is C22H29N5O3. The third-order valence-corrected chi connectivity index (χ3v) is 5.33. The number of carbonyl (C=O) groups excluding carboxylic acids is 3. The van der Waals surface area contributed by atoms with Crippen molar-refractivity contribution in [2.45, 2.75) is 58.5 Å². The Hall–Kier alpha value is -3.16. The van der Waals surface area contributed by atoms with Crippen molar-refractivity contribution in [3.8, 4) is 0 Å². The fourth-order valence-corrected chi connectivity index (χ4v) is 3.49. The number of nitrogens with zero attached hydrogens (tertiary/aromatic N) is 3. The van der Waals surface area contributed by atoms with E-state index < -0.39 is 23.4 Å². The Morgan fingerprint density at radius 1 is 1.17 bits per heavy atom. The van der Waals surface area contributed by atoms with Crippen molar-refractivity contribution in [2.75, 3.05) is 11.9 Å². The molecule has 0 radical (unpaired) electrons. The SMILES string of the molecule is CC(C)n1nccc1NC(=O)CN1C(=O)NC(C)(c2ccc(C(C)(C)C)cc2)C1=O. The van der Waals surface area contributed by atoms with E-state index in [4.69, 9.17) is 0 Å². The third kappa shape index (κ3) is 3.94. The molecule has 1 atom stereocenters. The van der Waals surface area contributed by atoms with E-state index in [1.54, 1.807) is 23.9 Å². The van der Waals surface area contributed by atoms with E-state index in [0.717, 1.165) is 10.5 Å². The molecule has 160 valence electrons. The number of nitrogens with one attached hydrogen (secondary N) is 2. The molecule has 2 N–H and O–H groups in total. The van der Waals surface area contributed by atoms with Crippen LogP contribution in [-0.2, 0) is 20.5 Å². The summed E-state index contributed by atoms with van der Waals surface area (Å²) >= 11 is 0. The second-order valence-corrected chi connectivity index (χ2v) is 9.08. The summed E-state index contributed by atoms with van der Waals surface area (Å²) in [6.07, 6.45) is 1.58. The number of carbonyl (C=O) groups is 3. The first-order valence-electron chi connectivity index (χ1n) is 10.0. The highest BCUT2D eigenvalue weighted by Crippen LogP contribution is 2.31. The summed E-state index contributed by atoms with van der Waals surface area (Å²) in [4.78, 5) is 39.0. The summed E-state index contributed by atoms with van der Waals surface area (Å²) < 4.78 is 1.66. The van der Waals surface area contributed by atoms with E-state index in [9.17, 15) is 14.4 Å². The van der Waals surface area contributed by atoms with Crippen molar-refractivity contribution < 1.29 is 14.4 Å². The van der Waals surface area contributed by atoms with Gasteiger partial charge in [-0.25, -0.2) is 9.48 Å². The largest absolute Gasteiger partial charge is 0.325 e. The van der Waals surface area contributed by atoms with Crippen LogP contribution >= 0.6 is 0 Å². The van der Waals surface area contributed by atoms with Crippen LogP contribution in [0.5, 0.6) is 0 Å². The minimum absolute atomic E-state index is 0.0189. The van der Waals surface area contributed by atoms with Crippen molar-refractivity contribution in [1.82, 2.24) is 20.0 Å². The van der Waals surface area contributed by atoms with E-state index in [2.05, 4.69) is 36.5 Å². The summed E-state index contributed by atoms with van der Waals surface area (Å²) in [6.45, 7) is 11.5. The molecule has 1 aromatic heterocycles. The lowest BCUT2D eigenvalue weighted by atomic mass is 9.84. The smallest absolute Gasteiger partial charge is 0.319 e. The van der Waals surface area contributed by atoms with Crippen molar-refractivity contribution in [2.24, 2.45) is 0 Å². The molecule has 2 heterocycles. The maximum absolute atomic E-state index is 13.1. The number of amides is 4. The first-order chi connectivity index (χ1) is 13.9. The van der Waals surface area contributed by atoms with Crippen LogP contribution in [0.3, 0.4) is 0 Å². The summed E-state index contributed by atoms with van der Waals surface area (Å²) in [5.74, 6) is -0.403. The van der Waals surface area contributed by atoms with Crippen LogP contribution in [0.25, 0.3) is 0 Å². The summed E-state index contributed by atoms with van der Waals surface area (Å²) in [6, 6.07) is 8.77. The molecule has 8 heteroatoms. The summed E-state index contributed by atoms with van der Waals surface area (Å²) in [7, 11) is 0. The number of aromatic nitrogens is 2. The van der Waals surface area contributed by atoms with E-state index in [1.807, 2.05) is 38.1 Å². The molecule has 4 amide bonds. The molecule has 8 nitrogen and oxygen atoms in total. The van der Waals surface area contributed by atoms with Crippen LogP contribution in [0.15, 0.2) is 36.5 Å². The Balaban J connectivity index is 1.75. The molecule has 1 aliphatic heterocycles. The molecule has 0 spiro atoms. The minimum Gasteiger partial charge on any atom is -0.319 e.